The lowest BCUT2D eigenvalue weighted by Gasteiger charge is -2.24. The lowest BCUT2D eigenvalue weighted by molar-refractivity contribution is -0.0215. The van der Waals surface area contributed by atoms with Crippen LogP contribution in [0.1, 0.15) is 5.56 Å². The molecule has 3 heterocycles. The number of benzene rings is 1. The predicted octanol–water partition coefficient (Wildman–Crippen LogP) is 2.41. The number of nitrogens with one attached hydrogen (secondary N) is 1. The van der Waals surface area contributed by atoms with Crippen LogP contribution in [0.4, 0.5) is 10.1 Å². The van der Waals surface area contributed by atoms with E-state index in [0.717, 1.165) is 5.39 Å². The molecule has 0 unspecified atom stereocenters. The average molecular weight is 475 g/mol. The van der Waals surface area contributed by atoms with Gasteiger partial charge in [0.05, 0.1) is 43.0 Å². The molecule has 0 saturated heterocycles. The van der Waals surface area contributed by atoms with E-state index < -0.39 is 15.7 Å². The first-order valence-electron chi connectivity index (χ1n) is 9.89. The summed E-state index contributed by atoms with van der Waals surface area (Å²) in [4.78, 5) is 4.12. The van der Waals surface area contributed by atoms with Crippen LogP contribution >= 0.6 is 0 Å². The molecule has 1 N–H and O–H groups in total. The third-order valence-corrected chi connectivity index (χ3v) is 6.44. The van der Waals surface area contributed by atoms with Gasteiger partial charge in [-0.15, -0.1) is 0 Å². The summed E-state index contributed by atoms with van der Waals surface area (Å²) >= 11 is 0. The van der Waals surface area contributed by atoms with Gasteiger partial charge in [-0.05, 0) is 23.8 Å². The number of anilines is 1. The van der Waals surface area contributed by atoms with Crippen LogP contribution in [0.3, 0.4) is 0 Å². The molecule has 12 heteroatoms. The minimum Gasteiger partial charge on any atom is -0.381 e. The fourth-order valence-electron chi connectivity index (χ4n) is 3.58. The van der Waals surface area contributed by atoms with E-state index >= 15 is 4.39 Å². The van der Waals surface area contributed by atoms with Gasteiger partial charge in [0.25, 0.3) is 10.0 Å². The Bertz CT molecular complexity index is 1380. The first-order valence-corrected chi connectivity index (χ1v) is 11.4. The van der Waals surface area contributed by atoms with Gasteiger partial charge in [0.15, 0.2) is 11.5 Å². The van der Waals surface area contributed by atoms with E-state index in [1.807, 2.05) is 6.07 Å². The van der Waals surface area contributed by atoms with Crippen molar-refractivity contribution in [2.45, 2.75) is 10.6 Å². The van der Waals surface area contributed by atoms with Crippen molar-refractivity contribution in [1.82, 2.24) is 24.5 Å². The molecule has 0 atom stereocenters. The number of rotatable bonds is 9. The van der Waals surface area contributed by atoms with Crippen LogP contribution in [-0.4, -0.2) is 60.4 Å². The van der Waals surface area contributed by atoms with E-state index in [2.05, 4.69) is 19.9 Å². The highest BCUT2D eigenvalue weighted by molar-refractivity contribution is 7.92. The molecular weight excluding hydrogens is 451 g/mol. The summed E-state index contributed by atoms with van der Waals surface area (Å²) in [6.45, 7) is -0.432. The third kappa shape index (κ3) is 4.45. The quantitative estimate of drug-likeness (QED) is 0.396. The van der Waals surface area contributed by atoms with Crippen LogP contribution in [0.15, 0.2) is 60.0 Å². The first kappa shape index (κ1) is 22.8. The summed E-state index contributed by atoms with van der Waals surface area (Å²) in [6, 6.07) is 8.23. The number of nitrogens with zero attached hydrogens (tertiary/aromatic N) is 5. The number of fused-ring (bicyclic) bond motifs is 1. The van der Waals surface area contributed by atoms with Gasteiger partial charge in [0.1, 0.15) is 4.90 Å². The van der Waals surface area contributed by atoms with Crippen LogP contribution in [-0.2, 0) is 32.2 Å². The number of methoxy groups -OCH3 is 2. The standard InChI is InChI=1S/C21H23FN6O4S/c1-27-20-15(10-24-27)5-4-6-18(20)26-33(29,30)17-11-25-28(12-17)19-9-16(7-8-23-19)21(22,13-31-2)14-32-3/h4-12,26H,13-14H2,1-3H3. The molecule has 33 heavy (non-hydrogen) atoms. The number of ether oxygens (including phenoxy) is 2. The first-order chi connectivity index (χ1) is 15.8. The molecule has 0 amide bonds. The van der Waals surface area contributed by atoms with E-state index in [9.17, 15) is 8.42 Å². The Hall–Kier alpha value is -3.35. The lowest BCUT2D eigenvalue weighted by Crippen LogP contribution is -2.31. The second kappa shape index (κ2) is 8.89. The summed E-state index contributed by atoms with van der Waals surface area (Å²) in [7, 11) is 0.569. The smallest absolute Gasteiger partial charge is 0.265 e. The number of hydrogen-bond acceptors (Lipinski definition) is 7. The Morgan fingerprint density at radius 2 is 1.88 bits per heavy atom. The van der Waals surface area contributed by atoms with Gasteiger partial charge in [-0.25, -0.2) is 22.5 Å². The maximum absolute atomic E-state index is 15.4. The number of aromatic nitrogens is 5. The van der Waals surface area contributed by atoms with Gasteiger partial charge in [0, 0.05) is 32.9 Å². The minimum atomic E-state index is -3.96. The van der Waals surface area contributed by atoms with E-state index in [-0.39, 0.29) is 29.5 Å². The van der Waals surface area contributed by atoms with Crippen LogP contribution in [0.2, 0.25) is 0 Å². The summed E-state index contributed by atoms with van der Waals surface area (Å²) in [5.41, 5.74) is -0.579. The zero-order valence-corrected chi connectivity index (χ0v) is 19.1. The van der Waals surface area contributed by atoms with Crippen molar-refractivity contribution < 1.29 is 22.3 Å². The molecular formula is C21H23FN6O4S. The zero-order chi connectivity index (χ0) is 23.6. The molecule has 0 saturated carbocycles. The van der Waals surface area contributed by atoms with Gasteiger partial charge in [0.2, 0.25) is 0 Å². The van der Waals surface area contributed by atoms with Gasteiger partial charge in [-0.3, -0.25) is 9.40 Å². The summed E-state index contributed by atoms with van der Waals surface area (Å²) in [5, 5.41) is 9.08. The molecule has 4 aromatic rings. The fourth-order valence-corrected chi connectivity index (χ4v) is 4.57. The van der Waals surface area contributed by atoms with E-state index in [1.165, 1.54) is 49.6 Å². The summed E-state index contributed by atoms with van der Waals surface area (Å²) in [6.07, 6.45) is 5.58. The van der Waals surface area contributed by atoms with Gasteiger partial charge < -0.3 is 9.47 Å². The highest BCUT2D eigenvalue weighted by atomic mass is 32.2. The lowest BCUT2D eigenvalue weighted by atomic mass is 9.98. The largest absolute Gasteiger partial charge is 0.381 e. The Morgan fingerprint density at radius 1 is 1.12 bits per heavy atom. The average Bonchev–Trinajstić information content (AvgIpc) is 3.43. The van der Waals surface area contributed by atoms with E-state index in [0.29, 0.717) is 11.2 Å². The highest BCUT2D eigenvalue weighted by Gasteiger charge is 2.33. The Balaban J connectivity index is 1.64. The van der Waals surface area contributed by atoms with Crippen molar-refractivity contribution in [3.05, 3.63) is 60.7 Å². The van der Waals surface area contributed by atoms with Crippen LogP contribution < -0.4 is 4.72 Å². The molecule has 0 fully saturated rings. The van der Waals surface area contributed by atoms with Crippen molar-refractivity contribution >= 4 is 26.6 Å². The number of halogens is 1. The fraction of sp³-hybridized carbons (Fsp3) is 0.286. The Kier molecular flexibility index (Phi) is 6.15. The number of sulfonamides is 1. The molecule has 0 bridgehead atoms. The second-order valence-electron chi connectivity index (χ2n) is 7.47. The van der Waals surface area contributed by atoms with Crippen molar-refractivity contribution in [2.24, 2.45) is 7.05 Å². The van der Waals surface area contributed by atoms with Crippen LogP contribution in [0.25, 0.3) is 16.7 Å². The molecule has 0 spiro atoms. The van der Waals surface area contributed by atoms with Crippen molar-refractivity contribution in [3.63, 3.8) is 0 Å². The van der Waals surface area contributed by atoms with Gasteiger partial charge >= 0.3 is 0 Å². The Labute approximate surface area is 190 Å². The maximum Gasteiger partial charge on any atom is 0.265 e. The minimum absolute atomic E-state index is 0.0748. The van der Waals surface area contributed by atoms with Crippen LogP contribution in [0, 0.1) is 0 Å². The molecule has 4 rings (SSSR count). The Morgan fingerprint density at radius 3 is 2.61 bits per heavy atom. The maximum atomic E-state index is 15.4. The number of pyridine rings is 1. The number of hydrogen-bond donors (Lipinski definition) is 1. The van der Waals surface area contributed by atoms with Gasteiger partial charge in [-0.1, -0.05) is 12.1 Å². The number of aryl methyl sites for hydroxylation is 1. The summed E-state index contributed by atoms with van der Waals surface area (Å²) in [5.74, 6) is 0.247. The zero-order valence-electron chi connectivity index (χ0n) is 18.3. The second-order valence-corrected chi connectivity index (χ2v) is 9.15. The molecule has 3 aromatic heterocycles. The molecule has 0 aliphatic rings. The molecule has 174 valence electrons. The number of alkyl halides is 1. The molecule has 1 aromatic carbocycles. The van der Waals surface area contributed by atoms with Crippen molar-refractivity contribution in [2.75, 3.05) is 32.2 Å². The third-order valence-electron chi connectivity index (χ3n) is 5.12. The molecule has 10 nitrogen and oxygen atoms in total. The molecule has 0 aliphatic heterocycles. The van der Waals surface area contributed by atoms with E-state index in [1.54, 1.807) is 30.1 Å². The van der Waals surface area contributed by atoms with Gasteiger partial charge in [-0.2, -0.15) is 10.2 Å². The van der Waals surface area contributed by atoms with E-state index in [4.69, 9.17) is 9.47 Å². The highest BCUT2D eigenvalue weighted by Crippen LogP contribution is 2.28. The van der Waals surface area contributed by atoms with Crippen molar-refractivity contribution in [3.8, 4) is 5.82 Å². The predicted molar refractivity (Wildman–Crippen MR) is 119 cm³/mol. The van der Waals surface area contributed by atoms with Crippen molar-refractivity contribution in [1.29, 1.82) is 0 Å². The van der Waals surface area contributed by atoms with Crippen LogP contribution in [0.5, 0.6) is 0 Å². The topological polar surface area (TPSA) is 113 Å². The normalized spacial score (nSPS) is 12.4. The number of para-hydroxylation sites is 1. The summed E-state index contributed by atoms with van der Waals surface area (Å²) < 4.78 is 56.8. The molecule has 0 aliphatic carbocycles. The monoisotopic (exact) mass is 474 g/mol. The SMILES string of the molecule is COCC(F)(COC)c1ccnc(-n2cc(S(=O)(=O)Nc3cccc4cnn(C)c34)cn2)c1. The molecule has 0 radical (unpaired) electrons.